The lowest BCUT2D eigenvalue weighted by Crippen LogP contribution is -2.43. The molecule has 2 rings (SSSR count). The third-order valence-electron chi connectivity index (χ3n) is 4.81. The first-order valence-electron chi connectivity index (χ1n) is 8.61. The Hall–Kier alpha value is -1.80. The maximum atomic E-state index is 12.5. The number of benzene rings is 1. The van der Waals surface area contributed by atoms with Gasteiger partial charge in [-0.25, -0.2) is 12.7 Å². The lowest BCUT2D eigenvalue weighted by molar-refractivity contribution is -0.129. The summed E-state index contributed by atoms with van der Waals surface area (Å²) in [6, 6.07) is 5.75. The number of likely N-dealkylation sites (N-methyl/N-ethyl adjacent to an activating group) is 2. The van der Waals surface area contributed by atoms with Crippen molar-refractivity contribution in [2.24, 2.45) is 5.92 Å². The first-order valence-corrected chi connectivity index (χ1v) is 10.5. The van der Waals surface area contributed by atoms with E-state index in [-0.39, 0.29) is 30.9 Å². The minimum atomic E-state index is -3.31. The average Bonchev–Trinajstić information content (AvgIpc) is 2.57. The molecule has 1 aromatic carbocycles. The summed E-state index contributed by atoms with van der Waals surface area (Å²) in [5, 5.41) is 0. The van der Waals surface area contributed by atoms with Crippen LogP contribution in [-0.2, 0) is 21.2 Å². The van der Waals surface area contributed by atoms with Crippen LogP contribution >= 0.6 is 0 Å². The largest absolute Gasteiger partial charge is 0.488 e. The number of hydrogen-bond donors (Lipinski definition) is 0. The number of ether oxygens (including phenoxy) is 1. The molecule has 8 heteroatoms. The molecule has 0 bridgehead atoms. The molecule has 1 aromatic rings. The highest BCUT2D eigenvalue weighted by molar-refractivity contribution is 7.88. The van der Waals surface area contributed by atoms with Crippen molar-refractivity contribution in [1.29, 1.82) is 0 Å². The van der Waals surface area contributed by atoms with E-state index < -0.39 is 10.0 Å². The van der Waals surface area contributed by atoms with Crippen molar-refractivity contribution in [2.45, 2.75) is 19.4 Å². The van der Waals surface area contributed by atoms with E-state index in [0.29, 0.717) is 12.3 Å². The lowest BCUT2D eigenvalue weighted by atomic mass is 10.0. The van der Waals surface area contributed by atoms with Crippen LogP contribution in [-0.4, -0.2) is 77.2 Å². The summed E-state index contributed by atoms with van der Waals surface area (Å²) in [6.07, 6.45) is 1.08. The Morgan fingerprint density at radius 2 is 1.92 bits per heavy atom. The number of carbonyl (C=O) groups is 1. The fraction of sp³-hybridized carbons (Fsp3) is 0.611. The second kappa shape index (κ2) is 7.84. The lowest BCUT2D eigenvalue weighted by Gasteiger charge is -2.30. The zero-order chi connectivity index (χ0) is 19.6. The molecule has 2 atom stereocenters. The zero-order valence-corrected chi connectivity index (χ0v) is 17.2. The summed E-state index contributed by atoms with van der Waals surface area (Å²) in [5.41, 5.74) is 1.80. The van der Waals surface area contributed by atoms with Gasteiger partial charge in [-0.05, 0) is 18.2 Å². The first kappa shape index (κ1) is 20.5. The highest BCUT2D eigenvalue weighted by Crippen LogP contribution is 2.29. The summed E-state index contributed by atoms with van der Waals surface area (Å²) in [5.74, 6) is 0.639. The van der Waals surface area contributed by atoms with Gasteiger partial charge >= 0.3 is 0 Å². The molecule has 0 aliphatic carbocycles. The summed E-state index contributed by atoms with van der Waals surface area (Å²) >= 11 is 0. The molecular weight excluding hydrogens is 354 g/mol. The molecule has 1 heterocycles. The summed E-state index contributed by atoms with van der Waals surface area (Å²) < 4.78 is 31.1. The van der Waals surface area contributed by atoms with Gasteiger partial charge < -0.3 is 14.5 Å². The molecule has 26 heavy (non-hydrogen) atoms. The maximum absolute atomic E-state index is 12.5. The van der Waals surface area contributed by atoms with Crippen LogP contribution in [0.5, 0.6) is 5.75 Å². The highest BCUT2D eigenvalue weighted by Gasteiger charge is 2.29. The average molecular weight is 384 g/mol. The van der Waals surface area contributed by atoms with E-state index in [0.717, 1.165) is 11.3 Å². The van der Waals surface area contributed by atoms with Crippen molar-refractivity contribution in [3.05, 3.63) is 23.8 Å². The van der Waals surface area contributed by atoms with Gasteiger partial charge in [-0.3, -0.25) is 4.79 Å². The predicted octanol–water partition coefficient (Wildman–Crippen LogP) is 1.04. The minimum Gasteiger partial charge on any atom is -0.488 e. The normalized spacial score (nSPS) is 21.5. The molecule has 0 aromatic heterocycles. The molecule has 1 aliphatic heterocycles. The number of carbonyl (C=O) groups excluding carboxylic acids is 1. The molecule has 0 saturated heterocycles. The van der Waals surface area contributed by atoms with E-state index in [4.69, 9.17) is 4.74 Å². The number of amides is 1. The number of rotatable bonds is 4. The Morgan fingerprint density at radius 3 is 2.50 bits per heavy atom. The first-order chi connectivity index (χ1) is 12.0. The second-order valence-electron chi connectivity index (χ2n) is 7.31. The van der Waals surface area contributed by atoms with Crippen molar-refractivity contribution in [3.63, 3.8) is 0 Å². The van der Waals surface area contributed by atoms with Crippen molar-refractivity contribution in [3.8, 4) is 5.75 Å². The van der Waals surface area contributed by atoms with Gasteiger partial charge in [0.25, 0.3) is 0 Å². The van der Waals surface area contributed by atoms with Crippen molar-refractivity contribution >= 4 is 21.6 Å². The van der Waals surface area contributed by atoms with E-state index in [1.165, 1.54) is 10.6 Å². The van der Waals surface area contributed by atoms with Crippen LogP contribution in [0.3, 0.4) is 0 Å². The third kappa shape index (κ3) is 4.88. The van der Waals surface area contributed by atoms with E-state index >= 15 is 0 Å². The number of hydrogen-bond acceptors (Lipinski definition) is 5. The van der Waals surface area contributed by atoms with E-state index in [9.17, 15) is 13.2 Å². The van der Waals surface area contributed by atoms with E-state index in [2.05, 4.69) is 0 Å². The van der Waals surface area contributed by atoms with E-state index in [1.807, 2.05) is 44.1 Å². The molecule has 0 fully saturated rings. The van der Waals surface area contributed by atoms with E-state index in [1.54, 1.807) is 19.0 Å². The molecule has 0 saturated carbocycles. The second-order valence-corrected chi connectivity index (χ2v) is 9.40. The molecule has 1 aliphatic rings. The van der Waals surface area contributed by atoms with Crippen LogP contribution in [0.1, 0.15) is 12.5 Å². The SMILES string of the molecule is C[C@H]1CN(C)C(=O)Cc2cc(N(C)C)ccc2O[C@@H]1CN(C)S(C)(=O)=O. The minimum absolute atomic E-state index is 0.0207. The Labute approximate surface area is 156 Å². The van der Waals surface area contributed by atoms with Crippen LogP contribution in [0.2, 0.25) is 0 Å². The summed E-state index contributed by atoms with van der Waals surface area (Å²) in [7, 11) is 3.89. The standard InChI is InChI=1S/C18H29N3O4S/c1-13-11-20(4)18(22)10-14-9-15(19(2)3)7-8-16(14)25-17(13)12-21(5)26(6,23)24/h7-9,13,17H,10-12H2,1-6H3/t13-,17+/m0/s1. The van der Waals surface area contributed by atoms with Crippen LogP contribution in [0.15, 0.2) is 18.2 Å². The van der Waals surface area contributed by atoms with Gasteiger partial charge in [0.15, 0.2) is 0 Å². The molecule has 0 unspecified atom stereocenters. The van der Waals surface area contributed by atoms with Gasteiger partial charge in [0, 0.05) is 51.9 Å². The molecule has 146 valence electrons. The molecule has 0 radical (unpaired) electrons. The predicted molar refractivity (Wildman–Crippen MR) is 103 cm³/mol. The third-order valence-corrected chi connectivity index (χ3v) is 6.09. The van der Waals surface area contributed by atoms with Gasteiger partial charge in [0.1, 0.15) is 11.9 Å². The molecule has 1 amide bonds. The topological polar surface area (TPSA) is 70.2 Å². The Balaban J connectivity index is 2.41. The summed E-state index contributed by atoms with van der Waals surface area (Å²) in [4.78, 5) is 16.2. The molecule has 0 spiro atoms. The van der Waals surface area contributed by atoms with Gasteiger partial charge in [-0.2, -0.15) is 0 Å². The Morgan fingerprint density at radius 1 is 1.27 bits per heavy atom. The van der Waals surface area contributed by atoms with Crippen LogP contribution in [0.25, 0.3) is 0 Å². The Kier molecular flexibility index (Phi) is 6.18. The van der Waals surface area contributed by atoms with Gasteiger partial charge in [-0.15, -0.1) is 0 Å². The fourth-order valence-corrected chi connectivity index (χ4v) is 3.35. The van der Waals surface area contributed by atoms with Crippen LogP contribution in [0.4, 0.5) is 5.69 Å². The molecular formula is C18H29N3O4S. The highest BCUT2D eigenvalue weighted by atomic mass is 32.2. The zero-order valence-electron chi connectivity index (χ0n) is 16.4. The van der Waals surface area contributed by atoms with Crippen molar-refractivity contribution in [2.75, 3.05) is 52.4 Å². The van der Waals surface area contributed by atoms with Gasteiger partial charge in [-0.1, -0.05) is 6.92 Å². The van der Waals surface area contributed by atoms with Crippen molar-refractivity contribution < 1.29 is 17.9 Å². The molecule has 7 nitrogen and oxygen atoms in total. The van der Waals surface area contributed by atoms with Gasteiger partial charge in [0.05, 0.1) is 19.2 Å². The van der Waals surface area contributed by atoms with Crippen molar-refractivity contribution in [1.82, 2.24) is 9.21 Å². The monoisotopic (exact) mass is 383 g/mol. The molecule has 0 N–H and O–H groups in total. The number of anilines is 1. The number of fused-ring (bicyclic) bond motifs is 1. The van der Waals surface area contributed by atoms with Crippen LogP contribution in [0, 0.1) is 5.92 Å². The van der Waals surface area contributed by atoms with Crippen LogP contribution < -0.4 is 9.64 Å². The summed E-state index contributed by atoms with van der Waals surface area (Å²) in [6.45, 7) is 2.72. The smallest absolute Gasteiger partial charge is 0.226 e. The van der Waals surface area contributed by atoms with Gasteiger partial charge in [0.2, 0.25) is 15.9 Å². The number of nitrogens with zero attached hydrogens (tertiary/aromatic N) is 3. The Bertz CT molecular complexity index is 764. The number of sulfonamides is 1. The fourth-order valence-electron chi connectivity index (χ4n) is 2.93. The quantitative estimate of drug-likeness (QED) is 0.777. The maximum Gasteiger partial charge on any atom is 0.226 e.